The van der Waals surface area contributed by atoms with Crippen molar-refractivity contribution in [3.63, 3.8) is 0 Å². The summed E-state index contributed by atoms with van der Waals surface area (Å²) in [7, 11) is 0. The molecule has 0 radical (unpaired) electrons. The van der Waals surface area contributed by atoms with Crippen molar-refractivity contribution in [2.45, 2.75) is 26.2 Å². The van der Waals surface area contributed by atoms with Gasteiger partial charge >= 0.3 is 0 Å². The van der Waals surface area contributed by atoms with Gasteiger partial charge in [0.2, 0.25) is 5.91 Å². The van der Waals surface area contributed by atoms with Crippen molar-refractivity contribution in [3.05, 3.63) is 22.4 Å². The van der Waals surface area contributed by atoms with Crippen LogP contribution in [0.5, 0.6) is 0 Å². The number of rotatable bonds is 3. The highest BCUT2D eigenvalue weighted by molar-refractivity contribution is 9.10. The predicted octanol–water partition coefficient (Wildman–Crippen LogP) is 2.22. The van der Waals surface area contributed by atoms with E-state index in [1.807, 2.05) is 19.1 Å². The van der Waals surface area contributed by atoms with Crippen LogP contribution in [0.4, 0.5) is 5.69 Å². The van der Waals surface area contributed by atoms with E-state index < -0.39 is 0 Å². The number of hydrogen-bond donors (Lipinski definition) is 2. The summed E-state index contributed by atoms with van der Waals surface area (Å²) in [4.78, 5) is 16.4. The van der Waals surface area contributed by atoms with Gasteiger partial charge in [-0.05, 0) is 47.8 Å². The van der Waals surface area contributed by atoms with Gasteiger partial charge in [0.15, 0.2) is 0 Å². The highest BCUT2D eigenvalue weighted by Gasteiger charge is 2.42. The fraction of sp³-hybridized carbons (Fsp3) is 0.500. The summed E-state index contributed by atoms with van der Waals surface area (Å²) in [5.74, 6) is 0.0264. The Kier molecular flexibility index (Phi) is 3.49. The number of carbonyl (C=O) groups excluding carboxylic acids is 1. The molecule has 92 valence electrons. The first-order valence-corrected chi connectivity index (χ1v) is 6.51. The Hall–Kier alpha value is -0.940. The van der Waals surface area contributed by atoms with Gasteiger partial charge in [0, 0.05) is 6.54 Å². The summed E-state index contributed by atoms with van der Waals surface area (Å²) >= 11 is 3.30. The highest BCUT2D eigenvalue weighted by Crippen LogP contribution is 2.40. The summed E-state index contributed by atoms with van der Waals surface area (Å²) in [5.41, 5.74) is 6.92. The molecule has 17 heavy (non-hydrogen) atoms. The molecule has 1 saturated carbocycles. The van der Waals surface area contributed by atoms with Crippen LogP contribution in [0.3, 0.4) is 0 Å². The number of nitrogens with two attached hydrogens (primary N) is 1. The van der Waals surface area contributed by atoms with Crippen LogP contribution in [0.2, 0.25) is 0 Å². The normalized spacial score (nSPS) is 17.4. The van der Waals surface area contributed by atoms with Crippen molar-refractivity contribution in [2.24, 2.45) is 11.1 Å². The van der Waals surface area contributed by atoms with Crippen LogP contribution in [-0.2, 0) is 4.79 Å². The number of carbonyl (C=O) groups is 1. The van der Waals surface area contributed by atoms with Crippen molar-refractivity contribution in [1.82, 2.24) is 4.98 Å². The van der Waals surface area contributed by atoms with Gasteiger partial charge in [0.05, 0.1) is 16.8 Å². The van der Waals surface area contributed by atoms with E-state index in [0.717, 1.165) is 35.2 Å². The van der Waals surface area contributed by atoms with Gasteiger partial charge in [-0.3, -0.25) is 4.79 Å². The Morgan fingerprint density at radius 3 is 2.76 bits per heavy atom. The summed E-state index contributed by atoms with van der Waals surface area (Å²) in [6.45, 7) is 2.29. The predicted molar refractivity (Wildman–Crippen MR) is 70.6 cm³/mol. The molecule has 1 fully saturated rings. The molecule has 0 spiro atoms. The fourth-order valence-electron chi connectivity index (χ4n) is 2.04. The zero-order valence-electron chi connectivity index (χ0n) is 9.79. The zero-order valence-corrected chi connectivity index (χ0v) is 11.4. The first-order chi connectivity index (χ1) is 8.07. The summed E-state index contributed by atoms with van der Waals surface area (Å²) in [5, 5.41) is 2.93. The summed E-state index contributed by atoms with van der Waals surface area (Å²) < 4.78 is 0.769. The van der Waals surface area contributed by atoms with Gasteiger partial charge in [-0.1, -0.05) is 6.42 Å². The molecule has 1 heterocycles. The Balaban J connectivity index is 2.13. The quantitative estimate of drug-likeness (QED) is 0.841. The van der Waals surface area contributed by atoms with Crippen LogP contribution in [0.25, 0.3) is 0 Å². The number of aryl methyl sites for hydroxylation is 1. The van der Waals surface area contributed by atoms with Gasteiger partial charge in [0.25, 0.3) is 0 Å². The highest BCUT2D eigenvalue weighted by atomic mass is 79.9. The van der Waals surface area contributed by atoms with E-state index in [4.69, 9.17) is 5.73 Å². The third-order valence-electron chi connectivity index (χ3n) is 3.48. The molecule has 1 amide bonds. The molecule has 1 aliphatic rings. The third-order valence-corrected chi connectivity index (χ3v) is 3.92. The maximum Gasteiger partial charge on any atom is 0.231 e. The molecule has 1 aromatic heterocycles. The molecule has 0 aromatic carbocycles. The topological polar surface area (TPSA) is 68.0 Å². The van der Waals surface area contributed by atoms with E-state index in [0.29, 0.717) is 6.54 Å². The number of anilines is 1. The molecule has 1 aromatic rings. The van der Waals surface area contributed by atoms with E-state index in [9.17, 15) is 4.79 Å². The Bertz CT molecular complexity index is 438. The number of nitrogens with zero attached hydrogens (tertiary/aromatic N) is 1. The standard InChI is InChI=1S/C12H16BrN3O/c1-8-9(3-4-10(13)15-8)16-11(17)12(7-14)5-2-6-12/h3-4H,2,5-7,14H2,1H3,(H,16,17). The second-order valence-electron chi connectivity index (χ2n) is 4.56. The van der Waals surface area contributed by atoms with E-state index >= 15 is 0 Å². The van der Waals surface area contributed by atoms with Crippen LogP contribution >= 0.6 is 15.9 Å². The van der Waals surface area contributed by atoms with Crippen LogP contribution < -0.4 is 11.1 Å². The molecule has 0 bridgehead atoms. The number of amides is 1. The van der Waals surface area contributed by atoms with E-state index in [-0.39, 0.29) is 11.3 Å². The lowest BCUT2D eigenvalue weighted by Gasteiger charge is -2.39. The number of hydrogen-bond acceptors (Lipinski definition) is 3. The number of aromatic nitrogens is 1. The molecule has 5 heteroatoms. The summed E-state index contributed by atoms with van der Waals surface area (Å²) in [6, 6.07) is 3.67. The van der Waals surface area contributed by atoms with Gasteiger partial charge in [-0.2, -0.15) is 0 Å². The monoisotopic (exact) mass is 297 g/mol. The Morgan fingerprint density at radius 2 is 2.29 bits per heavy atom. The van der Waals surface area contributed by atoms with Crippen LogP contribution in [0.1, 0.15) is 25.0 Å². The minimum atomic E-state index is -0.348. The van der Waals surface area contributed by atoms with Gasteiger partial charge < -0.3 is 11.1 Å². The number of halogens is 1. The fourth-order valence-corrected chi connectivity index (χ4v) is 2.44. The molecule has 1 aliphatic carbocycles. The molecule has 0 unspecified atom stereocenters. The molecular formula is C12H16BrN3O. The first kappa shape index (κ1) is 12.5. The SMILES string of the molecule is Cc1nc(Br)ccc1NC(=O)C1(CN)CCC1. The minimum Gasteiger partial charge on any atom is -0.329 e. The van der Waals surface area contributed by atoms with Crippen LogP contribution in [-0.4, -0.2) is 17.4 Å². The lowest BCUT2D eigenvalue weighted by Crippen LogP contribution is -2.47. The molecule has 4 nitrogen and oxygen atoms in total. The Morgan fingerprint density at radius 1 is 1.59 bits per heavy atom. The maximum absolute atomic E-state index is 12.2. The largest absolute Gasteiger partial charge is 0.329 e. The van der Waals surface area contributed by atoms with Crippen LogP contribution in [0.15, 0.2) is 16.7 Å². The average molecular weight is 298 g/mol. The number of pyridine rings is 1. The molecule has 0 saturated heterocycles. The number of nitrogens with one attached hydrogen (secondary N) is 1. The van der Waals surface area contributed by atoms with Gasteiger partial charge in [-0.15, -0.1) is 0 Å². The van der Waals surface area contributed by atoms with E-state index in [2.05, 4.69) is 26.2 Å². The second-order valence-corrected chi connectivity index (χ2v) is 5.37. The van der Waals surface area contributed by atoms with Crippen molar-refractivity contribution >= 4 is 27.5 Å². The lowest BCUT2D eigenvalue weighted by atomic mass is 9.68. The van der Waals surface area contributed by atoms with E-state index in [1.54, 1.807) is 0 Å². The summed E-state index contributed by atoms with van der Waals surface area (Å²) in [6.07, 6.45) is 2.86. The molecule has 0 aliphatic heterocycles. The zero-order chi connectivity index (χ0) is 12.5. The smallest absolute Gasteiger partial charge is 0.231 e. The van der Waals surface area contributed by atoms with Crippen molar-refractivity contribution < 1.29 is 4.79 Å². The second kappa shape index (κ2) is 4.74. The van der Waals surface area contributed by atoms with Gasteiger partial charge in [0.1, 0.15) is 4.60 Å². The third kappa shape index (κ3) is 2.35. The van der Waals surface area contributed by atoms with Crippen molar-refractivity contribution in [1.29, 1.82) is 0 Å². The van der Waals surface area contributed by atoms with Crippen LogP contribution in [0, 0.1) is 12.3 Å². The molecule has 0 atom stereocenters. The maximum atomic E-state index is 12.2. The Labute approximate surface area is 109 Å². The molecule has 3 N–H and O–H groups in total. The minimum absolute atomic E-state index is 0.0264. The lowest BCUT2D eigenvalue weighted by molar-refractivity contribution is -0.129. The van der Waals surface area contributed by atoms with Crippen molar-refractivity contribution in [2.75, 3.05) is 11.9 Å². The van der Waals surface area contributed by atoms with Crippen molar-refractivity contribution in [3.8, 4) is 0 Å². The average Bonchev–Trinajstić information content (AvgIpc) is 2.21. The molecule has 2 rings (SSSR count). The van der Waals surface area contributed by atoms with E-state index in [1.165, 1.54) is 0 Å². The first-order valence-electron chi connectivity index (χ1n) is 5.72. The van der Waals surface area contributed by atoms with Gasteiger partial charge in [-0.25, -0.2) is 4.98 Å². The molecular weight excluding hydrogens is 282 g/mol.